The molecule has 0 radical (unpaired) electrons. The summed E-state index contributed by atoms with van der Waals surface area (Å²) in [5.41, 5.74) is 5.57. The number of likely N-dealkylation sites (N-methyl/N-ethyl adjacent to an activating group) is 1. The molecule has 1 aromatic heterocycles. The summed E-state index contributed by atoms with van der Waals surface area (Å²) in [4.78, 5) is 31.7. The maximum absolute atomic E-state index is 11.6. The van der Waals surface area contributed by atoms with Gasteiger partial charge in [0.25, 0.3) is 5.91 Å². The average Bonchev–Trinajstić information content (AvgIpc) is 2.50. The van der Waals surface area contributed by atoms with E-state index in [0.29, 0.717) is 5.82 Å². The molecule has 2 amide bonds. The summed E-state index contributed by atoms with van der Waals surface area (Å²) in [6, 6.07) is -0.600. The summed E-state index contributed by atoms with van der Waals surface area (Å²) in [6.45, 7) is 0. The molecule has 0 spiro atoms. The van der Waals surface area contributed by atoms with Gasteiger partial charge in [-0.05, 0) is 0 Å². The first-order valence-electron chi connectivity index (χ1n) is 4.73. The highest BCUT2D eigenvalue weighted by Gasteiger charge is 2.36. The molecule has 1 aromatic rings. The molecule has 7 heteroatoms. The van der Waals surface area contributed by atoms with Crippen LogP contribution in [-0.2, 0) is 9.59 Å². The lowest BCUT2D eigenvalue weighted by Gasteiger charge is -2.12. The number of nitrogen functional groups attached to an aromatic ring is 1. The van der Waals surface area contributed by atoms with Gasteiger partial charge in [0, 0.05) is 19.4 Å². The van der Waals surface area contributed by atoms with E-state index < -0.39 is 6.04 Å². The lowest BCUT2D eigenvalue weighted by Crippen LogP contribution is -2.32. The van der Waals surface area contributed by atoms with Crippen molar-refractivity contribution in [3.63, 3.8) is 0 Å². The summed E-state index contributed by atoms with van der Waals surface area (Å²) < 4.78 is 0. The van der Waals surface area contributed by atoms with Crippen molar-refractivity contribution in [2.24, 2.45) is 0 Å². The molecule has 1 saturated heterocycles. The van der Waals surface area contributed by atoms with E-state index in [9.17, 15) is 9.59 Å². The molecule has 1 aliphatic rings. The van der Waals surface area contributed by atoms with E-state index in [0.717, 1.165) is 4.90 Å². The highest BCUT2D eigenvalue weighted by molar-refractivity contribution is 6.06. The largest absolute Gasteiger partial charge is 0.381 e. The topological polar surface area (TPSA) is 101 Å². The van der Waals surface area contributed by atoms with Crippen LogP contribution in [-0.4, -0.2) is 39.8 Å². The van der Waals surface area contributed by atoms with Crippen LogP contribution < -0.4 is 11.1 Å². The van der Waals surface area contributed by atoms with Crippen molar-refractivity contribution in [2.75, 3.05) is 18.1 Å². The van der Waals surface area contributed by atoms with Crippen molar-refractivity contribution in [3.8, 4) is 0 Å². The minimum atomic E-state index is -0.600. The van der Waals surface area contributed by atoms with Crippen molar-refractivity contribution in [1.82, 2.24) is 14.9 Å². The molecule has 7 nitrogen and oxygen atoms in total. The molecule has 84 valence electrons. The predicted octanol–water partition coefficient (Wildman–Crippen LogP) is -0.772. The number of carbonyl (C=O) groups is 2. The van der Waals surface area contributed by atoms with Gasteiger partial charge in [-0.15, -0.1) is 0 Å². The van der Waals surface area contributed by atoms with E-state index in [2.05, 4.69) is 15.3 Å². The van der Waals surface area contributed by atoms with Gasteiger partial charge in [0.05, 0.1) is 6.42 Å². The van der Waals surface area contributed by atoms with Crippen LogP contribution in [0.3, 0.4) is 0 Å². The Bertz CT molecular complexity index is 447. The molecule has 0 bridgehead atoms. The third-order valence-corrected chi connectivity index (χ3v) is 2.42. The zero-order valence-electron chi connectivity index (χ0n) is 8.67. The average molecular weight is 221 g/mol. The van der Waals surface area contributed by atoms with Crippen molar-refractivity contribution in [3.05, 3.63) is 12.4 Å². The zero-order chi connectivity index (χ0) is 11.7. The summed E-state index contributed by atoms with van der Waals surface area (Å²) in [5, 5.41) is 2.81. The van der Waals surface area contributed by atoms with Crippen molar-refractivity contribution in [1.29, 1.82) is 0 Å². The molecule has 3 N–H and O–H groups in total. The van der Waals surface area contributed by atoms with E-state index in [4.69, 9.17) is 5.73 Å². The fourth-order valence-electron chi connectivity index (χ4n) is 1.49. The highest BCUT2D eigenvalue weighted by atomic mass is 16.2. The lowest BCUT2D eigenvalue weighted by atomic mass is 10.2. The number of nitrogens with two attached hydrogens (primary N) is 1. The van der Waals surface area contributed by atoms with Gasteiger partial charge in [-0.25, -0.2) is 9.97 Å². The van der Waals surface area contributed by atoms with Gasteiger partial charge in [-0.2, -0.15) is 0 Å². The Hall–Kier alpha value is -2.18. The number of aromatic nitrogens is 2. The van der Waals surface area contributed by atoms with E-state index in [1.54, 1.807) is 0 Å². The van der Waals surface area contributed by atoms with Crippen LogP contribution in [0.15, 0.2) is 12.4 Å². The molecule has 0 aliphatic carbocycles. The van der Waals surface area contributed by atoms with Crippen molar-refractivity contribution in [2.45, 2.75) is 12.5 Å². The second-order valence-corrected chi connectivity index (χ2v) is 3.48. The van der Waals surface area contributed by atoms with E-state index in [1.165, 1.54) is 19.4 Å². The molecule has 1 aliphatic heterocycles. The van der Waals surface area contributed by atoms with Crippen LogP contribution in [0.25, 0.3) is 0 Å². The Morgan fingerprint density at radius 3 is 2.69 bits per heavy atom. The first kappa shape index (κ1) is 10.3. The van der Waals surface area contributed by atoms with Gasteiger partial charge in [-0.3, -0.25) is 14.5 Å². The fraction of sp³-hybridized carbons (Fsp3) is 0.333. The molecule has 0 saturated carbocycles. The Morgan fingerprint density at radius 1 is 1.44 bits per heavy atom. The molecular formula is C9H11N5O2. The van der Waals surface area contributed by atoms with Gasteiger partial charge in [-0.1, -0.05) is 0 Å². The summed E-state index contributed by atoms with van der Waals surface area (Å²) in [7, 11) is 1.45. The number of hydrogen-bond donors (Lipinski definition) is 2. The van der Waals surface area contributed by atoms with Crippen LogP contribution >= 0.6 is 0 Å². The third-order valence-electron chi connectivity index (χ3n) is 2.42. The monoisotopic (exact) mass is 221 g/mol. The van der Waals surface area contributed by atoms with Crippen LogP contribution in [0, 0.1) is 0 Å². The molecule has 2 rings (SSSR count). The molecule has 1 atom stereocenters. The van der Waals surface area contributed by atoms with Gasteiger partial charge >= 0.3 is 0 Å². The minimum Gasteiger partial charge on any atom is -0.381 e. The second-order valence-electron chi connectivity index (χ2n) is 3.48. The number of imide groups is 1. The van der Waals surface area contributed by atoms with Crippen LogP contribution in [0.2, 0.25) is 0 Å². The molecule has 16 heavy (non-hydrogen) atoms. The van der Waals surface area contributed by atoms with Crippen molar-refractivity contribution < 1.29 is 9.59 Å². The minimum absolute atomic E-state index is 0.116. The Kier molecular flexibility index (Phi) is 2.43. The summed E-state index contributed by atoms with van der Waals surface area (Å²) >= 11 is 0. The lowest BCUT2D eigenvalue weighted by molar-refractivity contribution is -0.136. The van der Waals surface area contributed by atoms with E-state index in [-0.39, 0.29) is 24.1 Å². The number of nitrogens with one attached hydrogen (secondary N) is 1. The predicted molar refractivity (Wildman–Crippen MR) is 56.2 cm³/mol. The zero-order valence-corrected chi connectivity index (χ0v) is 8.67. The maximum atomic E-state index is 11.6. The molecule has 2 heterocycles. The number of hydrogen-bond acceptors (Lipinski definition) is 6. The summed E-state index contributed by atoms with van der Waals surface area (Å²) in [5.74, 6) is 0.0290. The van der Waals surface area contributed by atoms with E-state index in [1.807, 2.05) is 0 Å². The first-order valence-corrected chi connectivity index (χ1v) is 4.73. The van der Waals surface area contributed by atoms with Crippen LogP contribution in [0.5, 0.6) is 0 Å². The molecule has 1 unspecified atom stereocenters. The SMILES string of the molecule is CN1C(=O)CC(Nc2nccnc2N)C1=O. The van der Waals surface area contributed by atoms with Crippen LogP contribution in [0.4, 0.5) is 11.6 Å². The van der Waals surface area contributed by atoms with Gasteiger partial charge in [0.1, 0.15) is 6.04 Å². The number of nitrogens with zero attached hydrogens (tertiary/aromatic N) is 3. The number of carbonyl (C=O) groups excluding carboxylic acids is 2. The van der Waals surface area contributed by atoms with Gasteiger partial charge in [0.2, 0.25) is 5.91 Å². The Morgan fingerprint density at radius 2 is 2.12 bits per heavy atom. The Balaban J connectivity index is 2.15. The quantitative estimate of drug-likeness (QED) is 0.636. The first-order chi connectivity index (χ1) is 7.59. The molecule has 0 aromatic carbocycles. The number of likely N-dealkylation sites (tertiary alicyclic amines) is 1. The van der Waals surface area contributed by atoms with Crippen molar-refractivity contribution >= 4 is 23.5 Å². The number of rotatable bonds is 2. The standard InChI is InChI=1S/C9H11N5O2/c1-14-6(15)4-5(9(14)16)13-8-7(10)11-2-3-12-8/h2-3,5H,4H2,1H3,(H2,10,11)(H,12,13). The summed E-state index contributed by atoms with van der Waals surface area (Å²) in [6.07, 6.45) is 3.03. The normalized spacial score (nSPS) is 20.3. The van der Waals surface area contributed by atoms with Gasteiger partial charge in [0.15, 0.2) is 11.6 Å². The van der Waals surface area contributed by atoms with Gasteiger partial charge < -0.3 is 11.1 Å². The second kappa shape index (κ2) is 3.76. The smallest absolute Gasteiger partial charge is 0.251 e. The van der Waals surface area contributed by atoms with E-state index >= 15 is 0 Å². The third kappa shape index (κ3) is 1.67. The number of anilines is 2. The Labute approximate surface area is 91.7 Å². The number of amides is 2. The molecular weight excluding hydrogens is 210 g/mol. The fourth-order valence-corrected chi connectivity index (χ4v) is 1.49. The highest BCUT2D eigenvalue weighted by Crippen LogP contribution is 2.18. The van der Waals surface area contributed by atoms with Crippen LogP contribution in [0.1, 0.15) is 6.42 Å². The molecule has 1 fully saturated rings. The maximum Gasteiger partial charge on any atom is 0.251 e.